The van der Waals surface area contributed by atoms with Crippen molar-refractivity contribution in [1.29, 1.82) is 0 Å². The molecule has 1 aliphatic rings. The van der Waals surface area contributed by atoms with E-state index < -0.39 is 29.4 Å². The second-order valence-corrected chi connectivity index (χ2v) is 7.17. The van der Waals surface area contributed by atoms with Gasteiger partial charge >= 0.3 is 6.18 Å². The number of likely N-dealkylation sites (tertiary alicyclic amines) is 1. The van der Waals surface area contributed by atoms with E-state index in [4.69, 9.17) is 0 Å². The summed E-state index contributed by atoms with van der Waals surface area (Å²) in [5.41, 5.74) is -1.53. The van der Waals surface area contributed by atoms with Crippen LogP contribution in [0.2, 0.25) is 0 Å². The number of hydrogen-bond acceptors (Lipinski definition) is 3. The van der Waals surface area contributed by atoms with Gasteiger partial charge in [-0.15, -0.1) is 11.3 Å². The van der Waals surface area contributed by atoms with Gasteiger partial charge in [0.25, 0.3) is 5.91 Å². The standard InChI is InChI=1S/C18H16F4N2O2S/c19-14-4-3-12(10-13(14)18(20,21)22)23-16(25)11-5-7-24(8-6-11)17(26)15-2-1-9-27-15/h1-4,9-11H,5-8H2,(H,23,25). The topological polar surface area (TPSA) is 49.4 Å². The second kappa shape index (κ2) is 7.67. The molecule has 1 aromatic heterocycles. The molecule has 27 heavy (non-hydrogen) atoms. The average molecular weight is 400 g/mol. The molecule has 144 valence electrons. The summed E-state index contributed by atoms with van der Waals surface area (Å²) in [4.78, 5) is 26.9. The van der Waals surface area contributed by atoms with Crippen molar-refractivity contribution in [3.05, 3.63) is 52.0 Å². The van der Waals surface area contributed by atoms with Crippen LogP contribution in [0.15, 0.2) is 35.7 Å². The lowest BCUT2D eigenvalue weighted by atomic mass is 9.95. The fraction of sp³-hybridized carbons (Fsp3) is 0.333. The first-order chi connectivity index (χ1) is 12.8. The minimum absolute atomic E-state index is 0.0859. The molecule has 1 N–H and O–H groups in total. The van der Waals surface area contributed by atoms with Gasteiger partial charge in [-0.2, -0.15) is 13.2 Å². The van der Waals surface area contributed by atoms with E-state index in [9.17, 15) is 27.2 Å². The number of carbonyl (C=O) groups excluding carboxylic acids is 2. The van der Waals surface area contributed by atoms with Crippen molar-refractivity contribution in [3.8, 4) is 0 Å². The van der Waals surface area contributed by atoms with Crippen LogP contribution in [-0.4, -0.2) is 29.8 Å². The quantitative estimate of drug-likeness (QED) is 0.777. The lowest BCUT2D eigenvalue weighted by Crippen LogP contribution is -2.41. The molecule has 0 radical (unpaired) electrons. The summed E-state index contributed by atoms with van der Waals surface area (Å²) in [6.45, 7) is 0.790. The molecule has 2 heterocycles. The zero-order valence-electron chi connectivity index (χ0n) is 14.1. The van der Waals surface area contributed by atoms with Crippen LogP contribution in [-0.2, 0) is 11.0 Å². The van der Waals surface area contributed by atoms with Crippen molar-refractivity contribution in [2.75, 3.05) is 18.4 Å². The predicted octanol–water partition coefficient (Wildman–Crippen LogP) is 4.40. The molecule has 0 aliphatic carbocycles. The van der Waals surface area contributed by atoms with Gasteiger partial charge in [0.05, 0.1) is 10.4 Å². The van der Waals surface area contributed by atoms with Crippen molar-refractivity contribution >= 4 is 28.8 Å². The highest BCUT2D eigenvalue weighted by Crippen LogP contribution is 2.33. The molecular formula is C18H16F4N2O2S. The van der Waals surface area contributed by atoms with Gasteiger partial charge in [-0.05, 0) is 42.5 Å². The summed E-state index contributed by atoms with van der Waals surface area (Å²) in [6.07, 6.45) is -4.01. The SMILES string of the molecule is O=C(Nc1ccc(F)c(C(F)(F)F)c1)C1CCN(C(=O)c2cccs2)CC1. The molecule has 0 bridgehead atoms. The lowest BCUT2D eigenvalue weighted by molar-refractivity contribution is -0.140. The Morgan fingerprint density at radius 2 is 1.85 bits per heavy atom. The molecule has 9 heteroatoms. The van der Waals surface area contributed by atoms with Crippen molar-refractivity contribution in [1.82, 2.24) is 4.90 Å². The van der Waals surface area contributed by atoms with Crippen molar-refractivity contribution < 1.29 is 27.2 Å². The first-order valence-corrected chi connectivity index (χ1v) is 9.14. The smallest absolute Gasteiger partial charge is 0.338 e. The van der Waals surface area contributed by atoms with Crippen LogP contribution in [0, 0.1) is 11.7 Å². The Morgan fingerprint density at radius 1 is 1.15 bits per heavy atom. The maximum absolute atomic E-state index is 13.3. The molecule has 0 spiro atoms. The normalized spacial score (nSPS) is 15.6. The number of halogens is 4. The highest BCUT2D eigenvalue weighted by atomic mass is 32.1. The lowest BCUT2D eigenvalue weighted by Gasteiger charge is -2.31. The van der Waals surface area contributed by atoms with Crippen LogP contribution in [0.1, 0.15) is 28.1 Å². The molecule has 4 nitrogen and oxygen atoms in total. The molecule has 2 aromatic rings. The highest BCUT2D eigenvalue weighted by molar-refractivity contribution is 7.12. The molecule has 3 rings (SSSR count). The Bertz CT molecular complexity index is 828. The molecule has 0 unspecified atom stereocenters. The average Bonchev–Trinajstić information content (AvgIpc) is 3.16. The fourth-order valence-electron chi connectivity index (χ4n) is 2.97. The zero-order valence-corrected chi connectivity index (χ0v) is 14.9. The van der Waals surface area contributed by atoms with E-state index in [0.29, 0.717) is 42.9 Å². The molecule has 0 atom stereocenters. The third-order valence-corrected chi connectivity index (χ3v) is 5.28. The highest BCUT2D eigenvalue weighted by Gasteiger charge is 2.34. The van der Waals surface area contributed by atoms with E-state index >= 15 is 0 Å². The Kier molecular flexibility index (Phi) is 5.50. The molecule has 2 amide bonds. The van der Waals surface area contributed by atoms with Crippen LogP contribution in [0.5, 0.6) is 0 Å². The Hall–Kier alpha value is -2.42. The largest absolute Gasteiger partial charge is 0.419 e. The first-order valence-electron chi connectivity index (χ1n) is 8.26. The van der Waals surface area contributed by atoms with Gasteiger partial charge in [0.1, 0.15) is 5.82 Å². The van der Waals surface area contributed by atoms with Crippen molar-refractivity contribution in [2.24, 2.45) is 5.92 Å². The van der Waals surface area contributed by atoms with Gasteiger partial charge < -0.3 is 10.2 Å². The molecular weight excluding hydrogens is 384 g/mol. The van der Waals surface area contributed by atoms with Crippen LogP contribution in [0.4, 0.5) is 23.2 Å². The molecule has 1 fully saturated rings. The van der Waals surface area contributed by atoms with Gasteiger partial charge in [0, 0.05) is 24.7 Å². The van der Waals surface area contributed by atoms with Gasteiger partial charge in [-0.1, -0.05) is 6.07 Å². The number of alkyl halides is 3. The van der Waals surface area contributed by atoms with Gasteiger partial charge in [-0.3, -0.25) is 9.59 Å². The van der Waals surface area contributed by atoms with Gasteiger partial charge in [-0.25, -0.2) is 4.39 Å². The number of benzene rings is 1. The fourth-order valence-corrected chi connectivity index (χ4v) is 3.66. The van der Waals surface area contributed by atoms with Crippen molar-refractivity contribution in [2.45, 2.75) is 19.0 Å². The molecule has 1 aromatic carbocycles. The summed E-state index contributed by atoms with van der Waals surface area (Å²) in [5, 5.41) is 4.23. The third kappa shape index (κ3) is 4.47. The summed E-state index contributed by atoms with van der Waals surface area (Å²) in [6, 6.07) is 5.88. The maximum atomic E-state index is 13.3. The Labute approximate surface area is 156 Å². The van der Waals surface area contributed by atoms with Gasteiger partial charge in [0.15, 0.2) is 0 Å². The summed E-state index contributed by atoms with van der Waals surface area (Å²) in [5.74, 6) is -2.33. The third-order valence-electron chi connectivity index (χ3n) is 4.42. The minimum atomic E-state index is -4.84. The Balaban J connectivity index is 1.59. The van der Waals surface area contributed by atoms with E-state index in [2.05, 4.69) is 5.32 Å². The van der Waals surface area contributed by atoms with Crippen LogP contribution in [0.25, 0.3) is 0 Å². The minimum Gasteiger partial charge on any atom is -0.338 e. The molecule has 0 saturated carbocycles. The van der Waals surface area contributed by atoms with Gasteiger partial charge in [0.2, 0.25) is 5.91 Å². The van der Waals surface area contributed by atoms with Crippen LogP contribution >= 0.6 is 11.3 Å². The number of thiophene rings is 1. The molecule has 1 aliphatic heterocycles. The van der Waals surface area contributed by atoms with E-state index in [1.165, 1.54) is 11.3 Å². The number of anilines is 1. The number of rotatable bonds is 3. The Morgan fingerprint density at radius 3 is 2.44 bits per heavy atom. The number of nitrogens with zero attached hydrogens (tertiary/aromatic N) is 1. The summed E-state index contributed by atoms with van der Waals surface area (Å²) < 4.78 is 51.6. The van der Waals surface area contributed by atoms with E-state index in [1.54, 1.807) is 17.0 Å². The van der Waals surface area contributed by atoms with E-state index in [1.807, 2.05) is 5.38 Å². The second-order valence-electron chi connectivity index (χ2n) is 6.23. The predicted molar refractivity (Wildman–Crippen MR) is 93.0 cm³/mol. The molecule has 1 saturated heterocycles. The summed E-state index contributed by atoms with van der Waals surface area (Å²) in [7, 11) is 0. The first kappa shape index (κ1) is 19.3. The maximum Gasteiger partial charge on any atom is 0.419 e. The number of amides is 2. The summed E-state index contributed by atoms with van der Waals surface area (Å²) >= 11 is 1.34. The van der Waals surface area contributed by atoms with Crippen LogP contribution in [0.3, 0.4) is 0 Å². The zero-order chi connectivity index (χ0) is 19.6. The number of piperidine rings is 1. The number of nitrogens with one attached hydrogen (secondary N) is 1. The van der Waals surface area contributed by atoms with E-state index in [-0.39, 0.29) is 11.6 Å². The number of carbonyl (C=O) groups is 2. The van der Waals surface area contributed by atoms with Crippen LogP contribution < -0.4 is 5.32 Å². The van der Waals surface area contributed by atoms with Crippen molar-refractivity contribution in [3.63, 3.8) is 0 Å². The van der Waals surface area contributed by atoms with E-state index in [0.717, 1.165) is 6.07 Å². The monoisotopic (exact) mass is 400 g/mol. The number of hydrogen-bond donors (Lipinski definition) is 1.